The molecule has 3 rings (SSSR count). The fourth-order valence-corrected chi connectivity index (χ4v) is 2.90. The van der Waals surface area contributed by atoms with Gasteiger partial charge < -0.3 is 5.32 Å². The van der Waals surface area contributed by atoms with Crippen LogP contribution in [-0.4, -0.2) is 28.7 Å². The summed E-state index contributed by atoms with van der Waals surface area (Å²) < 4.78 is 0. The zero-order chi connectivity index (χ0) is 18.5. The summed E-state index contributed by atoms with van der Waals surface area (Å²) in [5, 5.41) is 2.79. The van der Waals surface area contributed by atoms with Crippen molar-refractivity contribution in [1.29, 1.82) is 0 Å². The van der Waals surface area contributed by atoms with Gasteiger partial charge in [-0.15, -0.1) is 0 Å². The average molecular weight is 348 g/mol. The van der Waals surface area contributed by atoms with Gasteiger partial charge in [-0.1, -0.05) is 49.4 Å². The van der Waals surface area contributed by atoms with E-state index in [2.05, 4.69) is 12.2 Å². The highest BCUT2D eigenvalue weighted by molar-refractivity contribution is 6.16. The molecule has 0 saturated heterocycles. The third-order valence-electron chi connectivity index (χ3n) is 4.36. The van der Waals surface area contributed by atoms with E-state index in [0.29, 0.717) is 5.69 Å². The van der Waals surface area contributed by atoms with Gasteiger partial charge in [-0.05, 0) is 29.7 Å². The molecular formula is C21H20N2O3. The molecule has 1 N–H and O–H groups in total. The summed E-state index contributed by atoms with van der Waals surface area (Å²) in [5.41, 5.74) is 2.70. The molecule has 1 aliphatic rings. The first-order valence-electron chi connectivity index (χ1n) is 8.57. The van der Waals surface area contributed by atoms with E-state index in [1.807, 2.05) is 42.5 Å². The quantitative estimate of drug-likeness (QED) is 0.816. The van der Waals surface area contributed by atoms with Crippen LogP contribution in [0.2, 0.25) is 0 Å². The molecule has 3 amide bonds. The number of carbonyl (C=O) groups excluding carboxylic acids is 3. The predicted octanol–water partition coefficient (Wildman–Crippen LogP) is 2.72. The molecule has 0 aliphatic carbocycles. The summed E-state index contributed by atoms with van der Waals surface area (Å²) in [5.74, 6) is -1.32. The topological polar surface area (TPSA) is 66.5 Å². The number of nitrogens with one attached hydrogen (secondary N) is 1. The van der Waals surface area contributed by atoms with Crippen LogP contribution < -0.4 is 5.32 Å². The van der Waals surface area contributed by atoms with Crippen molar-refractivity contribution in [3.05, 3.63) is 77.9 Å². The van der Waals surface area contributed by atoms with Crippen LogP contribution in [0.1, 0.15) is 18.1 Å². The van der Waals surface area contributed by atoms with Crippen LogP contribution in [0.3, 0.4) is 0 Å². The number of hydrogen-bond acceptors (Lipinski definition) is 3. The maximum Gasteiger partial charge on any atom is 0.254 e. The Labute approximate surface area is 152 Å². The maximum atomic E-state index is 12.8. The van der Waals surface area contributed by atoms with Crippen molar-refractivity contribution in [2.45, 2.75) is 25.8 Å². The van der Waals surface area contributed by atoms with Gasteiger partial charge in [-0.3, -0.25) is 19.3 Å². The zero-order valence-corrected chi connectivity index (χ0v) is 14.5. The number of aryl methyl sites for hydroxylation is 1. The standard InChI is InChI=1S/C21H20N2O3/c1-2-15-8-10-16(11-9-15)14-18(23-19(24)12-13-20(23)25)21(26)22-17-6-4-3-5-7-17/h3-13,18H,2,14H2,1H3,(H,22,26). The highest BCUT2D eigenvalue weighted by Gasteiger charge is 2.35. The van der Waals surface area contributed by atoms with Gasteiger partial charge in [-0.25, -0.2) is 0 Å². The van der Waals surface area contributed by atoms with E-state index in [9.17, 15) is 14.4 Å². The van der Waals surface area contributed by atoms with E-state index in [1.165, 1.54) is 17.7 Å². The second-order valence-corrected chi connectivity index (χ2v) is 6.13. The molecule has 2 aromatic carbocycles. The number of benzene rings is 2. The first kappa shape index (κ1) is 17.6. The molecule has 26 heavy (non-hydrogen) atoms. The highest BCUT2D eigenvalue weighted by Crippen LogP contribution is 2.17. The van der Waals surface area contributed by atoms with Gasteiger partial charge >= 0.3 is 0 Å². The maximum absolute atomic E-state index is 12.8. The summed E-state index contributed by atoms with van der Waals surface area (Å²) in [6, 6.07) is 15.9. The smallest absolute Gasteiger partial charge is 0.254 e. The Morgan fingerprint density at radius 3 is 2.08 bits per heavy atom. The van der Waals surface area contributed by atoms with Crippen LogP contribution in [-0.2, 0) is 27.2 Å². The number of anilines is 1. The normalized spacial score (nSPS) is 14.6. The number of carbonyl (C=O) groups is 3. The Bertz CT molecular complexity index is 823. The lowest BCUT2D eigenvalue weighted by molar-refractivity contribution is -0.143. The Morgan fingerprint density at radius 2 is 1.50 bits per heavy atom. The molecule has 1 heterocycles. The van der Waals surface area contributed by atoms with Crippen molar-refractivity contribution < 1.29 is 14.4 Å². The minimum absolute atomic E-state index is 0.266. The third kappa shape index (κ3) is 3.88. The van der Waals surface area contributed by atoms with Crippen LogP contribution in [0.4, 0.5) is 5.69 Å². The van der Waals surface area contributed by atoms with E-state index in [-0.39, 0.29) is 12.3 Å². The number of rotatable bonds is 6. The van der Waals surface area contributed by atoms with Gasteiger partial charge in [0.2, 0.25) is 5.91 Å². The molecule has 5 nitrogen and oxygen atoms in total. The molecule has 1 unspecified atom stereocenters. The lowest BCUT2D eigenvalue weighted by Crippen LogP contribution is -2.48. The Hall–Kier alpha value is -3.21. The third-order valence-corrected chi connectivity index (χ3v) is 4.36. The minimum atomic E-state index is -0.905. The Kier molecular flexibility index (Phi) is 5.27. The molecule has 0 fully saturated rings. The molecule has 0 saturated carbocycles. The van der Waals surface area contributed by atoms with Crippen molar-refractivity contribution in [3.63, 3.8) is 0 Å². The number of hydrogen-bond donors (Lipinski definition) is 1. The molecule has 0 radical (unpaired) electrons. The number of imide groups is 1. The Morgan fingerprint density at radius 1 is 0.923 bits per heavy atom. The number of nitrogens with zero attached hydrogens (tertiary/aromatic N) is 1. The van der Waals surface area contributed by atoms with Gasteiger partial charge in [0.15, 0.2) is 0 Å². The van der Waals surface area contributed by atoms with E-state index in [1.54, 1.807) is 12.1 Å². The number of amides is 3. The summed E-state index contributed by atoms with van der Waals surface area (Å²) >= 11 is 0. The van der Waals surface area contributed by atoms with E-state index in [0.717, 1.165) is 16.9 Å². The van der Waals surface area contributed by atoms with Crippen LogP contribution in [0.5, 0.6) is 0 Å². The van der Waals surface area contributed by atoms with Crippen LogP contribution >= 0.6 is 0 Å². The lowest BCUT2D eigenvalue weighted by atomic mass is 10.0. The largest absolute Gasteiger partial charge is 0.324 e. The Balaban J connectivity index is 1.84. The minimum Gasteiger partial charge on any atom is -0.324 e. The summed E-state index contributed by atoms with van der Waals surface area (Å²) in [6.45, 7) is 2.07. The van der Waals surface area contributed by atoms with Crippen LogP contribution in [0.15, 0.2) is 66.7 Å². The zero-order valence-electron chi connectivity index (χ0n) is 14.5. The van der Waals surface area contributed by atoms with E-state index in [4.69, 9.17) is 0 Å². The molecule has 132 valence electrons. The molecule has 1 atom stereocenters. The van der Waals surface area contributed by atoms with Crippen LogP contribution in [0, 0.1) is 0 Å². The molecule has 0 spiro atoms. The lowest BCUT2D eigenvalue weighted by Gasteiger charge is -2.25. The monoisotopic (exact) mass is 348 g/mol. The second kappa shape index (κ2) is 7.78. The van der Waals surface area contributed by atoms with E-state index < -0.39 is 17.9 Å². The highest BCUT2D eigenvalue weighted by atomic mass is 16.2. The van der Waals surface area contributed by atoms with Gasteiger partial charge in [0, 0.05) is 24.3 Å². The molecule has 2 aromatic rings. The van der Waals surface area contributed by atoms with E-state index >= 15 is 0 Å². The van der Waals surface area contributed by atoms with Crippen molar-refractivity contribution in [2.24, 2.45) is 0 Å². The first-order chi connectivity index (χ1) is 12.6. The van der Waals surface area contributed by atoms with Gasteiger partial charge in [0.25, 0.3) is 11.8 Å². The fraction of sp³-hybridized carbons (Fsp3) is 0.190. The molecule has 5 heteroatoms. The fourth-order valence-electron chi connectivity index (χ4n) is 2.90. The average Bonchev–Trinajstić information content (AvgIpc) is 2.99. The van der Waals surface area contributed by atoms with Gasteiger partial charge in [-0.2, -0.15) is 0 Å². The molecule has 1 aliphatic heterocycles. The van der Waals surface area contributed by atoms with Gasteiger partial charge in [0.1, 0.15) is 6.04 Å². The first-order valence-corrected chi connectivity index (χ1v) is 8.57. The SMILES string of the molecule is CCc1ccc(CC(C(=O)Nc2ccccc2)N2C(=O)C=CC2=O)cc1. The number of para-hydroxylation sites is 1. The molecular weight excluding hydrogens is 328 g/mol. The van der Waals surface area contributed by atoms with Crippen molar-refractivity contribution in [3.8, 4) is 0 Å². The summed E-state index contributed by atoms with van der Waals surface area (Å²) in [7, 11) is 0. The van der Waals surface area contributed by atoms with Gasteiger partial charge in [0.05, 0.1) is 0 Å². The van der Waals surface area contributed by atoms with Crippen molar-refractivity contribution in [2.75, 3.05) is 5.32 Å². The predicted molar refractivity (Wildman–Crippen MR) is 99.4 cm³/mol. The molecule has 0 bridgehead atoms. The molecule has 0 aromatic heterocycles. The summed E-state index contributed by atoms with van der Waals surface area (Å²) in [4.78, 5) is 38.1. The summed E-state index contributed by atoms with van der Waals surface area (Å²) in [6.07, 6.45) is 3.59. The van der Waals surface area contributed by atoms with Crippen molar-refractivity contribution in [1.82, 2.24) is 4.90 Å². The van der Waals surface area contributed by atoms with Crippen LogP contribution in [0.25, 0.3) is 0 Å². The second-order valence-electron chi connectivity index (χ2n) is 6.13. The van der Waals surface area contributed by atoms with Crippen molar-refractivity contribution >= 4 is 23.4 Å².